The van der Waals surface area contributed by atoms with E-state index in [0.717, 1.165) is 27.3 Å². The predicted molar refractivity (Wildman–Crippen MR) is 101 cm³/mol. The van der Waals surface area contributed by atoms with Crippen LogP contribution >= 0.6 is 0 Å². The molecule has 25 heavy (non-hydrogen) atoms. The molecule has 0 heterocycles. The highest BCUT2D eigenvalue weighted by molar-refractivity contribution is 7.92. The standard InChI is InChI=1S/C19H24N2O3S/c1-14-8-10-18(11-9-14)21(25(4,23)24)16(3)19(22)20-13-17-7-5-6-15(2)12-17/h5-12,16H,13H2,1-4H3,(H,20,22)/t16-/m0/s1. The lowest BCUT2D eigenvalue weighted by Gasteiger charge is -2.28. The summed E-state index contributed by atoms with van der Waals surface area (Å²) in [5.41, 5.74) is 3.58. The van der Waals surface area contributed by atoms with E-state index in [1.54, 1.807) is 19.1 Å². The molecule has 0 saturated carbocycles. The number of benzene rings is 2. The number of hydrogen-bond donors (Lipinski definition) is 1. The summed E-state index contributed by atoms with van der Waals surface area (Å²) in [7, 11) is -3.59. The minimum atomic E-state index is -3.59. The number of amides is 1. The Morgan fingerprint density at radius 1 is 1.08 bits per heavy atom. The zero-order valence-electron chi connectivity index (χ0n) is 15.0. The lowest BCUT2D eigenvalue weighted by atomic mass is 10.1. The molecule has 0 radical (unpaired) electrons. The highest BCUT2D eigenvalue weighted by atomic mass is 32.2. The Morgan fingerprint density at radius 3 is 2.28 bits per heavy atom. The molecule has 6 heteroatoms. The molecule has 0 spiro atoms. The molecule has 2 aromatic carbocycles. The van der Waals surface area contributed by atoms with Gasteiger partial charge in [0.15, 0.2) is 0 Å². The number of anilines is 1. The normalized spacial score (nSPS) is 12.5. The highest BCUT2D eigenvalue weighted by Crippen LogP contribution is 2.21. The van der Waals surface area contributed by atoms with Gasteiger partial charge in [0.2, 0.25) is 15.9 Å². The van der Waals surface area contributed by atoms with Crippen LogP contribution in [-0.4, -0.2) is 26.6 Å². The number of sulfonamides is 1. The molecule has 0 aliphatic carbocycles. The van der Waals surface area contributed by atoms with Crippen molar-refractivity contribution in [2.24, 2.45) is 0 Å². The molecule has 0 unspecified atom stereocenters. The van der Waals surface area contributed by atoms with Crippen LogP contribution in [0, 0.1) is 13.8 Å². The number of carbonyl (C=O) groups is 1. The molecule has 134 valence electrons. The van der Waals surface area contributed by atoms with Gasteiger partial charge in [0.05, 0.1) is 11.9 Å². The lowest BCUT2D eigenvalue weighted by molar-refractivity contribution is -0.122. The van der Waals surface area contributed by atoms with E-state index >= 15 is 0 Å². The van der Waals surface area contributed by atoms with Crippen molar-refractivity contribution in [2.45, 2.75) is 33.4 Å². The third kappa shape index (κ3) is 5.06. The van der Waals surface area contributed by atoms with E-state index in [1.165, 1.54) is 0 Å². The number of rotatable bonds is 6. The van der Waals surface area contributed by atoms with Crippen LogP contribution in [0.4, 0.5) is 5.69 Å². The molecule has 0 aromatic heterocycles. The van der Waals surface area contributed by atoms with Gasteiger partial charge < -0.3 is 5.32 Å². The van der Waals surface area contributed by atoms with Crippen molar-refractivity contribution in [3.63, 3.8) is 0 Å². The van der Waals surface area contributed by atoms with Gasteiger partial charge in [-0.3, -0.25) is 9.10 Å². The Morgan fingerprint density at radius 2 is 1.72 bits per heavy atom. The number of nitrogens with zero attached hydrogens (tertiary/aromatic N) is 1. The van der Waals surface area contributed by atoms with E-state index in [1.807, 2.05) is 50.2 Å². The van der Waals surface area contributed by atoms with Crippen LogP contribution < -0.4 is 9.62 Å². The average molecular weight is 360 g/mol. The van der Waals surface area contributed by atoms with Crippen LogP contribution in [0.2, 0.25) is 0 Å². The Balaban J connectivity index is 2.17. The summed E-state index contributed by atoms with van der Waals surface area (Å²) in [5, 5.41) is 2.81. The van der Waals surface area contributed by atoms with E-state index in [2.05, 4.69) is 5.32 Å². The maximum atomic E-state index is 12.5. The molecule has 0 fully saturated rings. The van der Waals surface area contributed by atoms with Gasteiger partial charge in [-0.15, -0.1) is 0 Å². The number of nitrogens with one attached hydrogen (secondary N) is 1. The fourth-order valence-corrected chi connectivity index (χ4v) is 3.83. The number of hydrogen-bond acceptors (Lipinski definition) is 3. The maximum absolute atomic E-state index is 12.5. The Hall–Kier alpha value is -2.34. The van der Waals surface area contributed by atoms with Gasteiger partial charge >= 0.3 is 0 Å². The first-order chi connectivity index (χ1) is 11.7. The zero-order valence-corrected chi connectivity index (χ0v) is 15.8. The van der Waals surface area contributed by atoms with Gasteiger partial charge in [-0.25, -0.2) is 8.42 Å². The second-order valence-corrected chi connectivity index (χ2v) is 8.14. The lowest BCUT2D eigenvalue weighted by Crippen LogP contribution is -2.47. The molecule has 0 aliphatic rings. The summed E-state index contributed by atoms with van der Waals surface area (Å²) in [4.78, 5) is 12.5. The second-order valence-electron chi connectivity index (χ2n) is 6.28. The first-order valence-electron chi connectivity index (χ1n) is 8.08. The largest absolute Gasteiger partial charge is 0.350 e. The Kier molecular flexibility index (Phi) is 5.85. The highest BCUT2D eigenvalue weighted by Gasteiger charge is 2.28. The molecular weight excluding hydrogens is 336 g/mol. The first-order valence-corrected chi connectivity index (χ1v) is 9.92. The smallest absolute Gasteiger partial charge is 0.243 e. The molecule has 2 aromatic rings. The topological polar surface area (TPSA) is 66.5 Å². The predicted octanol–water partition coefficient (Wildman–Crippen LogP) is 2.77. The SMILES string of the molecule is Cc1ccc(N([C@@H](C)C(=O)NCc2cccc(C)c2)S(C)(=O)=O)cc1. The summed E-state index contributed by atoms with van der Waals surface area (Å²) in [6.45, 7) is 5.85. The third-order valence-corrected chi connectivity index (χ3v) is 5.17. The Bertz CT molecular complexity index is 845. The molecule has 1 amide bonds. The minimum Gasteiger partial charge on any atom is -0.350 e. The van der Waals surface area contributed by atoms with Gasteiger partial charge in [-0.05, 0) is 38.5 Å². The van der Waals surface area contributed by atoms with E-state index < -0.39 is 16.1 Å². The van der Waals surface area contributed by atoms with Gasteiger partial charge in [0, 0.05) is 6.54 Å². The molecule has 0 bridgehead atoms. The van der Waals surface area contributed by atoms with Gasteiger partial charge in [0.25, 0.3) is 0 Å². The van der Waals surface area contributed by atoms with Crippen LogP contribution in [0.1, 0.15) is 23.6 Å². The van der Waals surface area contributed by atoms with Gasteiger partial charge in [-0.2, -0.15) is 0 Å². The fourth-order valence-electron chi connectivity index (χ4n) is 2.66. The summed E-state index contributed by atoms with van der Waals surface area (Å²) >= 11 is 0. The Labute approximate surface area is 149 Å². The van der Waals surface area contributed by atoms with Crippen molar-refractivity contribution in [1.29, 1.82) is 0 Å². The molecule has 1 N–H and O–H groups in total. The van der Waals surface area contributed by atoms with Crippen LogP contribution in [0.25, 0.3) is 0 Å². The first kappa shape index (κ1) is 19.0. The summed E-state index contributed by atoms with van der Waals surface area (Å²) in [6, 6.07) is 14.0. The molecular formula is C19H24N2O3S. The fraction of sp³-hybridized carbons (Fsp3) is 0.316. The van der Waals surface area contributed by atoms with Crippen molar-refractivity contribution in [3.05, 3.63) is 65.2 Å². The second kappa shape index (κ2) is 7.70. The van der Waals surface area contributed by atoms with Crippen molar-refractivity contribution in [3.8, 4) is 0 Å². The average Bonchev–Trinajstić information content (AvgIpc) is 2.53. The minimum absolute atomic E-state index is 0.340. The third-order valence-electron chi connectivity index (χ3n) is 3.93. The van der Waals surface area contributed by atoms with Crippen LogP contribution in [0.5, 0.6) is 0 Å². The van der Waals surface area contributed by atoms with E-state index in [0.29, 0.717) is 12.2 Å². The van der Waals surface area contributed by atoms with Crippen molar-refractivity contribution < 1.29 is 13.2 Å². The summed E-state index contributed by atoms with van der Waals surface area (Å²) in [5.74, 6) is -0.340. The van der Waals surface area contributed by atoms with Crippen molar-refractivity contribution in [2.75, 3.05) is 10.6 Å². The van der Waals surface area contributed by atoms with Crippen LogP contribution in [-0.2, 0) is 21.4 Å². The van der Waals surface area contributed by atoms with Crippen molar-refractivity contribution >= 4 is 21.6 Å². The van der Waals surface area contributed by atoms with Gasteiger partial charge in [0.1, 0.15) is 6.04 Å². The zero-order chi connectivity index (χ0) is 18.6. The molecule has 0 aliphatic heterocycles. The number of carbonyl (C=O) groups excluding carboxylic acids is 1. The molecule has 1 atom stereocenters. The summed E-state index contributed by atoms with van der Waals surface area (Å²) < 4.78 is 25.6. The van der Waals surface area contributed by atoms with Crippen LogP contribution in [0.3, 0.4) is 0 Å². The van der Waals surface area contributed by atoms with Gasteiger partial charge in [-0.1, -0.05) is 47.5 Å². The molecule has 2 rings (SSSR count). The molecule has 5 nitrogen and oxygen atoms in total. The maximum Gasteiger partial charge on any atom is 0.243 e. The summed E-state index contributed by atoms with van der Waals surface area (Å²) in [6.07, 6.45) is 1.11. The van der Waals surface area contributed by atoms with E-state index in [9.17, 15) is 13.2 Å². The van der Waals surface area contributed by atoms with E-state index in [4.69, 9.17) is 0 Å². The van der Waals surface area contributed by atoms with Crippen molar-refractivity contribution in [1.82, 2.24) is 5.32 Å². The quantitative estimate of drug-likeness (QED) is 0.861. The monoisotopic (exact) mass is 360 g/mol. The van der Waals surface area contributed by atoms with Crippen LogP contribution in [0.15, 0.2) is 48.5 Å². The van der Waals surface area contributed by atoms with E-state index in [-0.39, 0.29) is 5.91 Å². The molecule has 0 saturated heterocycles. The number of aryl methyl sites for hydroxylation is 2.